The summed E-state index contributed by atoms with van der Waals surface area (Å²) < 4.78 is 5.61. The highest BCUT2D eigenvalue weighted by molar-refractivity contribution is 5.85. The van der Waals surface area contributed by atoms with Gasteiger partial charge in [0.2, 0.25) is 0 Å². The summed E-state index contributed by atoms with van der Waals surface area (Å²) in [7, 11) is 0. The number of nitrogens with one attached hydrogen (secondary N) is 1. The van der Waals surface area contributed by atoms with Crippen molar-refractivity contribution in [2.75, 3.05) is 32.7 Å². The molecule has 2 saturated heterocycles. The zero-order chi connectivity index (χ0) is 22.5. The number of benzene rings is 3. The van der Waals surface area contributed by atoms with Crippen LogP contribution in [0.15, 0.2) is 91.0 Å². The first-order chi connectivity index (χ1) is 16.3. The number of carbonyl (C=O) groups excluding carboxylic acids is 1. The third-order valence-corrected chi connectivity index (χ3v) is 6.85. The molecule has 0 aliphatic carbocycles. The molecular formula is C28H33Cl2N3O2. The highest BCUT2D eigenvalue weighted by atomic mass is 35.5. The standard InChI is InChI=1S/C28H31N3O2.2ClH/c32-28(33-21-22-10-4-1-5-11-22)30-16-17-31-25(20-30)18-29-19-26(31)27(23-12-6-2-7-13-23)24-14-8-3-9-15-24;;/h1-15,25-27,29H,16-21H2;2*1H. The van der Waals surface area contributed by atoms with Crippen LogP contribution in [0.4, 0.5) is 4.79 Å². The predicted octanol–water partition coefficient (Wildman–Crippen LogP) is 4.96. The number of nitrogens with zero attached hydrogens (tertiary/aromatic N) is 2. The van der Waals surface area contributed by atoms with E-state index in [1.807, 2.05) is 35.2 Å². The minimum atomic E-state index is -0.219. The fourth-order valence-corrected chi connectivity index (χ4v) is 5.25. The molecule has 0 spiro atoms. The first-order valence-electron chi connectivity index (χ1n) is 11.8. The Morgan fingerprint density at radius 3 is 2.00 bits per heavy atom. The smallest absolute Gasteiger partial charge is 0.410 e. The van der Waals surface area contributed by atoms with Gasteiger partial charge >= 0.3 is 6.09 Å². The molecule has 5 nitrogen and oxygen atoms in total. The number of fused-ring (bicyclic) bond motifs is 1. The van der Waals surface area contributed by atoms with E-state index in [1.54, 1.807) is 0 Å². The zero-order valence-corrected chi connectivity index (χ0v) is 21.3. The van der Waals surface area contributed by atoms with Gasteiger partial charge in [-0.2, -0.15) is 0 Å². The number of carbonyl (C=O) groups is 1. The minimum Gasteiger partial charge on any atom is -0.445 e. The number of ether oxygens (including phenoxy) is 1. The monoisotopic (exact) mass is 513 g/mol. The summed E-state index contributed by atoms with van der Waals surface area (Å²) in [6.07, 6.45) is -0.219. The molecule has 3 aromatic carbocycles. The lowest BCUT2D eigenvalue weighted by molar-refractivity contribution is 0.00851. The maximum atomic E-state index is 12.8. The van der Waals surface area contributed by atoms with E-state index in [0.29, 0.717) is 25.7 Å². The van der Waals surface area contributed by atoms with Crippen LogP contribution in [0.2, 0.25) is 0 Å². The molecule has 2 aliphatic rings. The van der Waals surface area contributed by atoms with Crippen LogP contribution in [0.1, 0.15) is 22.6 Å². The van der Waals surface area contributed by atoms with Crippen molar-refractivity contribution < 1.29 is 9.53 Å². The lowest BCUT2D eigenvalue weighted by atomic mass is 9.82. The van der Waals surface area contributed by atoms with E-state index in [9.17, 15) is 4.79 Å². The second-order valence-electron chi connectivity index (χ2n) is 8.90. The molecule has 7 heteroatoms. The largest absolute Gasteiger partial charge is 0.445 e. The van der Waals surface area contributed by atoms with Crippen molar-refractivity contribution in [2.24, 2.45) is 0 Å². The number of piperazine rings is 2. The summed E-state index contributed by atoms with van der Waals surface area (Å²) >= 11 is 0. The SMILES string of the molecule is Cl.Cl.O=C(OCc1ccccc1)N1CCN2C(CNCC2C(c2ccccc2)c2ccccc2)C1. The number of amides is 1. The van der Waals surface area contributed by atoms with E-state index in [1.165, 1.54) is 11.1 Å². The fourth-order valence-electron chi connectivity index (χ4n) is 5.25. The number of hydrogen-bond acceptors (Lipinski definition) is 4. The van der Waals surface area contributed by atoms with Crippen LogP contribution in [-0.2, 0) is 11.3 Å². The Labute approximate surface area is 220 Å². The van der Waals surface area contributed by atoms with E-state index in [4.69, 9.17) is 4.74 Å². The van der Waals surface area contributed by atoms with Crippen LogP contribution >= 0.6 is 24.8 Å². The zero-order valence-electron chi connectivity index (χ0n) is 19.7. The Balaban J connectivity index is 0.00000171. The maximum Gasteiger partial charge on any atom is 0.410 e. The van der Waals surface area contributed by atoms with E-state index < -0.39 is 0 Å². The normalized spacial score (nSPS) is 19.7. The van der Waals surface area contributed by atoms with E-state index >= 15 is 0 Å². The van der Waals surface area contributed by atoms with Crippen molar-refractivity contribution in [2.45, 2.75) is 24.6 Å². The molecule has 35 heavy (non-hydrogen) atoms. The van der Waals surface area contributed by atoms with Gasteiger partial charge in [-0.15, -0.1) is 24.8 Å². The molecule has 1 N–H and O–H groups in total. The van der Waals surface area contributed by atoms with Gasteiger partial charge in [0, 0.05) is 50.7 Å². The average molecular weight is 514 g/mol. The van der Waals surface area contributed by atoms with Crippen molar-refractivity contribution in [3.05, 3.63) is 108 Å². The summed E-state index contributed by atoms with van der Waals surface area (Å²) in [5.41, 5.74) is 3.68. The predicted molar refractivity (Wildman–Crippen MR) is 145 cm³/mol. The second-order valence-corrected chi connectivity index (χ2v) is 8.90. The van der Waals surface area contributed by atoms with Gasteiger partial charge in [-0.3, -0.25) is 4.90 Å². The van der Waals surface area contributed by atoms with E-state index in [0.717, 1.165) is 25.2 Å². The van der Waals surface area contributed by atoms with Crippen LogP contribution in [-0.4, -0.2) is 60.7 Å². The number of hydrogen-bond donors (Lipinski definition) is 1. The van der Waals surface area contributed by atoms with Gasteiger partial charge in [0.15, 0.2) is 0 Å². The number of rotatable bonds is 5. The van der Waals surface area contributed by atoms with Gasteiger partial charge in [0.1, 0.15) is 6.61 Å². The van der Waals surface area contributed by atoms with Gasteiger partial charge in [-0.05, 0) is 16.7 Å². The third kappa shape index (κ3) is 6.36. The molecule has 3 aromatic rings. The molecular weight excluding hydrogens is 481 g/mol. The lowest BCUT2D eigenvalue weighted by Gasteiger charge is -2.50. The van der Waals surface area contributed by atoms with Gasteiger partial charge in [0.05, 0.1) is 0 Å². The molecule has 0 bridgehead atoms. The maximum absolute atomic E-state index is 12.8. The van der Waals surface area contributed by atoms with Crippen LogP contribution in [0, 0.1) is 0 Å². The summed E-state index contributed by atoms with van der Waals surface area (Å²) in [5.74, 6) is 0.277. The minimum absolute atomic E-state index is 0. The van der Waals surface area contributed by atoms with Gasteiger partial charge < -0.3 is 15.0 Å². The van der Waals surface area contributed by atoms with Crippen LogP contribution in [0.5, 0.6) is 0 Å². The third-order valence-electron chi connectivity index (χ3n) is 6.85. The highest BCUT2D eigenvalue weighted by Gasteiger charge is 2.40. The van der Waals surface area contributed by atoms with Crippen LogP contribution in [0.25, 0.3) is 0 Å². The molecule has 5 rings (SSSR count). The van der Waals surface area contributed by atoms with Crippen molar-refractivity contribution >= 4 is 30.9 Å². The van der Waals surface area contributed by atoms with Crippen molar-refractivity contribution in [3.63, 3.8) is 0 Å². The van der Waals surface area contributed by atoms with Crippen molar-refractivity contribution in [1.29, 1.82) is 0 Å². The Hall–Kier alpha value is -2.57. The van der Waals surface area contributed by atoms with Crippen molar-refractivity contribution in [1.82, 2.24) is 15.1 Å². The molecule has 186 valence electrons. The first-order valence-corrected chi connectivity index (χ1v) is 11.8. The van der Waals surface area contributed by atoms with Crippen molar-refractivity contribution in [3.8, 4) is 0 Å². The molecule has 0 saturated carbocycles. The first kappa shape index (κ1) is 27.0. The second kappa shape index (κ2) is 12.9. The molecule has 1 amide bonds. The molecule has 2 aliphatic heterocycles. The summed E-state index contributed by atoms with van der Waals surface area (Å²) in [5, 5.41) is 3.65. The lowest BCUT2D eigenvalue weighted by Crippen LogP contribution is -2.66. The van der Waals surface area contributed by atoms with E-state index in [-0.39, 0.29) is 42.9 Å². The van der Waals surface area contributed by atoms with Gasteiger partial charge in [-0.1, -0.05) is 91.0 Å². The number of halogens is 2. The molecule has 2 unspecified atom stereocenters. The Bertz CT molecular complexity index is 1000. The highest BCUT2D eigenvalue weighted by Crippen LogP contribution is 2.34. The Morgan fingerprint density at radius 1 is 0.829 bits per heavy atom. The van der Waals surface area contributed by atoms with Crippen LogP contribution < -0.4 is 5.32 Å². The molecule has 0 aromatic heterocycles. The van der Waals surface area contributed by atoms with Crippen LogP contribution in [0.3, 0.4) is 0 Å². The van der Waals surface area contributed by atoms with E-state index in [2.05, 4.69) is 70.9 Å². The Morgan fingerprint density at radius 2 is 1.40 bits per heavy atom. The summed E-state index contributed by atoms with van der Waals surface area (Å²) in [4.78, 5) is 17.3. The summed E-state index contributed by atoms with van der Waals surface area (Å²) in [6, 6.07) is 32.1. The molecule has 2 heterocycles. The topological polar surface area (TPSA) is 44.8 Å². The molecule has 0 radical (unpaired) electrons. The molecule has 2 atom stereocenters. The molecule has 2 fully saturated rings. The van der Waals surface area contributed by atoms with Gasteiger partial charge in [0.25, 0.3) is 0 Å². The Kier molecular flexibility index (Phi) is 9.99. The summed E-state index contributed by atoms with van der Waals surface area (Å²) in [6.45, 7) is 4.37. The quantitative estimate of drug-likeness (QED) is 0.523. The fraction of sp³-hybridized carbons (Fsp3) is 0.321. The van der Waals surface area contributed by atoms with Gasteiger partial charge in [-0.25, -0.2) is 4.79 Å². The average Bonchev–Trinajstić information content (AvgIpc) is 2.89.